The third-order valence-corrected chi connectivity index (χ3v) is 3.94. The fourth-order valence-electron chi connectivity index (χ4n) is 2.55. The van der Waals surface area contributed by atoms with Gasteiger partial charge in [-0.25, -0.2) is 9.59 Å². The zero-order chi connectivity index (χ0) is 15.7. The van der Waals surface area contributed by atoms with Crippen molar-refractivity contribution in [1.82, 2.24) is 10.6 Å². The van der Waals surface area contributed by atoms with Crippen molar-refractivity contribution in [3.05, 3.63) is 29.8 Å². The first kappa shape index (κ1) is 14.4. The number of hydrogen-bond acceptors (Lipinski definition) is 3. The Balaban J connectivity index is 1.68. The molecule has 1 aromatic carbocycles. The Morgan fingerprint density at radius 1 is 1.27 bits per heavy atom. The number of rotatable bonds is 5. The van der Waals surface area contributed by atoms with E-state index in [0.29, 0.717) is 24.3 Å². The Bertz CT molecular complexity index is 610. The molecule has 1 aliphatic heterocycles. The van der Waals surface area contributed by atoms with Crippen molar-refractivity contribution in [2.75, 3.05) is 18.0 Å². The van der Waals surface area contributed by atoms with Crippen LogP contribution in [0.2, 0.25) is 0 Å². The van der Waals surface area contributed by atoms with Gasteiger partial charge in [-0.05, 0) is 43.0 Å². The van der Waals surface area contributed by atoms with Crippen LogP contribution in [0, 0.1) is 5.92 Å². The van der Waals surface area contributed by atoms with Gasteiger partial charge in [0, 0.05) is 24.3 Å². The fourth-order valence-corrected chi connectivity index (χ4v) is 2.55. The van der Waals surface area contributed by atoms with Crippen molar-refractivity contribution in [3.8, 4) is 0 Å². The van der Waals surface area contributed by atoms with E-state index < -0.39 is 17.9 Å². The third kappa shape index (κ3) is 2.88. The van der Waals surface area contributed by atoms with Crippen molar-refractivity contribution in [2.24, 2.45) is 5.92 Å². The van der Waals surface area contributed by atoms with Crippen molar-refractivity contribution in [2.45, 2.75) is 18.9 Å². The zero-order valence-electron chi connectivity index (χ0n) is 11.9. The van der Waals surface area contributed by atoms with Gasteiger partial charge in [0.25, 0.3) is 5.91 Å². The second-order valence-corrected chi connectivity index (χ2v) is 5.56. The van der Waals surface area contributed by atoms with Gasteiger partial charge in [0.2, 0.25) is 0 Å². The number of carboxylic acid groups (broad SMARTS) is 1. The number of aliphatic carboxylic acids is 1. The van der Waals surface area contributed by atoms with Crippen LogP contribution in [0.1, 0.15) is 23.2 Å². The Hall–Kier alpha value is -2.57. The minimum atomic E-state index is -0.999. The summed E-state index contributed by atoms with van der Waals surface area (Å²) in [5.41, 5.74) is 1.10. The lowest BCUT2D eigenvalue weighted by atomic mass is 10.1. The number of anilines is 1. The van der Waals surface area contributed by atoms with Gasteiger partial charge in [0.05, 0.1) is 0 Å². The number of carboxylic acids is 1. The monoisotopic (exact) mass is 303 g/mol. The summed E-state index contributed by atoms with van der Waals surface area (Å²) in [7, 11) is 0. The molecule has 22 heavy (non-hydrogen) atoms. The van der Waals surface area contributed by atoms with E-state index >= 15 is 0 Å². The molecule has 0 bridgehead atoms. The summed E-state index contributed by atoms with van der Waals surface area (Å²) >= 11 is 0. The van der Waals surface area contributed by atoms with E-state index in [4.69, 9.17) is 5.11 Å². The van der Waals surface area contributed by atoms with Crippen LogP contribution < -0.4 is 15.5 Å². The molecule has 0 spiro atoms. The summed E-state index contributed by atoms with van der Waals surface area (Å²) in [6.07, 6.45) is 1.67. The molecular weight excluding hydrogens is 286 g/mol. The van der Waals surface area contributed by atoms with Gasteiger partial charge < -0.3 is 15.7 Å². The van der Waals surface area contributed by atoms with Crippen LogP contribution in [0.3, 0.4) is 0 Å². The summed E-state index contributed by atoms with van der Waals surface area (Å²) in [6.45, 7) is 1.19. The van der Waals surface area contributed by atoms with E-state index in [1.54, 1.807) is 29.2 Å². The molecule has 1 aromatic rings. The molecule has 0 aromatic heterocycles. The predicted octanol–water partition coefficient (Wildman–Crippen LogP) is 0.809. The van der Waals surface area contributed by atoms with Crippen LogP contribution in [0.5, 0.6) is 0 Å². The lowest BCUT2D eigenvalue weighted by Crippen LogP contribution is -2.42. The maximum atomic E-state index is 12.1. The molecule has 1 atom stereocenters. The molecule has 7 heteroatoms. The molecule has 7 nitrogen and oxygen atoms in total. The molecule has 2 aliphatic rings. The standard InChI is InChI=1S/C15H17N3O4/c19-13(17-12(14(20)21)9-1-2-9)10-3-5-11(6-4-10)18-8-7-16-15(18)22/h3-6,9,12H,1-2,7-8H2,(H,16,22)(H,17,19)(H,20,21). The van der Waals surface area contributed by atoms with Crippen LogP contribution in [0.25, 0.3) is 0 Å². The van der Waals surface area contributed by atoms with Crippen molar-refractivity contribution < 1.29 is 19.5 Å². The zero-order valence-corrected chi connectivity index (χ0v) is 11.9. The number of amides is 3. The summed E-state index contributed by atoms with van der Waals surface area (Å²) < 4.78 is 0. The van der Waals surface area contributed by atoms with Gasteiger partial charge in [-0.2, -0.15) is 0 Å². The summed E-state index contributed by atoms with van der Waals surface area (Å²) in [4.78, 5) is 36.4. The predicted molar refractivity (Wildman–Crippen MR) is 78.8 cm³/mol. The molecule has 1 aliphatic carbocycles. The molecule has 3 rings (SSSR count). The van der Waals surface area contributed by atoms with Crippen molar-refractivity contribution >= 4 is 23.6 Å². The number of carbonyl (C=O) groups is 3. The van der Waals surface area contributed by atoms with Crippen LogP contribution in [0.4, 0.5) is 10.5 Å². The maximum absolute atomic E-state index is 12.1. The second kappa shape index (κ2) is 5.67. The van der Waals surface area contributed by atoms with E-state index in [0.717, 1.165) is 12.8 Å². The van der Waals surface area contributed by atoms with E-state index in [1.165, 1.54) is 0 Å². The highest BCUT2D eigenvalue weighted by molar-refractivity contribution is 5.98. The first-order valence-corrected chi connectivity index (χ1v) is 7.25. The fraction of sp³-hybridized carbons (Fsp3) is 0.400. The average Bonchev–Trinajstić information content (AvgIpc) is 3.25. The normalized spacial score (nSPS) is 18.7. The highest BCUT2D eigenvalue weighted by Gasteiger charge is 2.37. The topological polar surface area (TPSA) is 98.7 Å². The number of carbonyl (C=O) groups excluding carboxylic acids is 2. The molecule has 2 fully saturated rings. The largest absolute Gasteiger partial charge is 0.480 e. The summed E-state index contributed by atoms with van der Waals surface area (Å²) in [5, 5.41) is 14.4. The van der Waals surface area contributed by atoms with Gasteiger partial charge in [-0.1, -0.05) is 0 Å². The molecule has 0 radical (unpaired) electrons. The van der Waals surface area contributed by atoms with Gasteiger partial charge in [0.15, 0.2) is 0 Å². The van der Waals surface area contributed by atoms with Crippen LogP contribution in [-0.2, 0) is 4.79 Å². The quantitative estimate of drug-likeness (QED) is 0.749. The molecule has 1 heterocycles. The Labute approximate surface area is 127 Å². The number of hydrogen-bond donors (Lipinski definition) is 3. The lowest BCUT2D eigenvalue weighted by molar-refractivity contribution is -0.139. The number of benzene rings is 1. The Morgan fingerprint density at radius 3 is 2.45 bits per heavy atom. The highest BCUT2D eigenvalue weighted by Crippen LogP contribution is 2.32. The number of nitrogens with one attached hydrogen (secondary N) is 2. The van der Waals surface area contributed by atoms with E-state index in [-0.39, 0.29) is 11.9 Å². The van der Waals surface area contributed by atoms with Crippen molar-refractivity contribution in [1.29, 1.82) is 0 Å². The molecule has 3 amide bonds. The molecule has 1 saturated carbocycles. The van der Waals surface area contributed by atoms with Crippen molar-refractivity contribution in [3.63, 3.8) is 0 Å². The minimum Gasteiger partial charge on any atom is -0.480 e. The van der Waals surface area contributed by atoms with Gasteiger partial charge in [-0.3, -0.25) is 9.69 Å². The maximum Gasteiger partial charge on any atom is 0.326 e. The smallest absolute Gasteiger partial charge is 0.326 e. The molecule has 1 saturated heterocycles. The third-order valence-electron chi connectivity index (χ3n) is 3.94. The van der Waals surface area contributed by atoms with E-state index in [1.807, 2.05) is 0 Å². The van der Waals surface area contributed by atoms with Crippen LogP contribution in [-0.4, -0.2) is 42.1 Å². The molecule has 116 valence electrons. The lowest BCUT2D eigenvalue weighted by Gasteiger charge is -2.16. The van der Waals surface area contributed by atoms with E-state index in [9.17, 15) is 14.4 Å². The summed E-state index contributed by atoms with van der Waals surface area (Å²) in [6, 6.07) is 5.59. The highest BCUT2D eigenvalue weighted by atomic mass is 16.4. The first-order chi connectivity index (χ1) is 10.6. The van der Waals surface area contributed by atoms with Crippen LogP contribution in [0.15, 0.2) is 24.3 Å². The van der Waals surface area contributed by atoms with Gasteiger partial charge in [-0.15, -0.1) is 0 Å². The molecule has 3 N–H and O–H groups in total. The minimum absolute atomic E-state index is 0.0361. The Kier molecular flexibility index (Phi) is 3.70. The number of nitrogens with zero attached hydrogens (tertiary/aromatic N) is 1. The molecular formula is C15H17N3O4. The first-order valence-electron chi connectivity index (χ1n) is 7.25. The summed E-state index contributed by atoms with van der Waals surface area (Å²) in [5.74, 6) is -1.37. The average molecular weight is 303 g/mol. The molecule has 1 unspecified atom stereocenters. The SMILES string of the molecule is O=C(NC(C(=O)O)C1CC1)c1ccc(N2CCNC2=O)cc1. The number of urea groups is 1. The Morgan fingerprint density at radius 2 is 1.95 bits per heavy atom. The van der Waals surface area contributed by atoms with E-state index in [2.05, 4.69) is 10.6 Å². The van der Waals surface area contributed by atoms with Crippen LogP contribution >= 0.6 is 0 Å². The van der Waals surface area contributed by atoms with Gasteiger partial charge >= 0.3 is 12.0 Å². The van der Waals surface area contributed by atoms with Gasteiger partial charge in [0.1, 0.15) is 6.04 Å². The second-order valence-electron chi connectivity index (χ2n) is 5.56.